The van der Waals surface area contributed by atoms with Gasteiger partial charge in [0, 0.05) is 24.6 Å². The Bertz CT molecular complexity index is 273. The molecule has 1 aliphatic carbocycles. The molecule has 14 heavy (non-hydrogen) atoms. The first-order valence-corrected chi connectivity index (χ1v) is 5.35. The lowest BCUT2D eigenvalue weighted by atomic mass is 9.83. The van der Waals surface area contributed by atoms with Gasteiger partial charge in [-0.3, -0.25) is 9.97 Å². The minimum Gasteiger partial charge on any atom is -0.328 e. The molecule has 1 heterocycles. The molecular formula is C11H17N3. The maximum absolute atomic E-state index is 5.94. The molecule has 2 atom stereocenters. The molecule has 2 rings (SSSR count). The molecule has 1 aromatic rings. The summed E-state index contributed by atoms with van der Waals surface area (Å²) in [5, 5.41) is 0. The Morgan fingerprint density at radius 1 is 1.36 bits per heavy atom. The molecular weight excluding hydrogens is 174 g/mol. The summed E-state index contributed by atoms with van der Waals surface area (Å²) >= 11 is 0. The van der Waals surface area contributed by atoms with E-state index >= 15 is 0 Å². The summed E-state index contributed by atoms with van der Waals surface area (Å²) in [4.78, 5) is 8.37. The summed E-state index contributed by atoms with van der Waals surface area (Å²) in [7, 11) is 0. The zero-order valence-electron chi connectivity index (χ0n) is 8.39. The number of hydrogen-bond acceptors (Lipinski definition) is 3. The van der Waals surface area contributed by atoms with Gasteiger partial charge < -0.3 is 5.73 Å². The Morgan fingerprint density at radius 3 is 3.00 bits per heavy atom. The molecule has 1 aromatic heterocycles. The number of hydrogen-bond donors (Lipinski definition) is 1. The van der Waals surface area contributed by atoms with Gasteiger partial charge in [0.05, 0.1) is 5.69 Å². The van der Waals surface area contributed by atoms with E-state index in [9.17, 15) is 0 Å². The smallest absolute Gasteiger partial charge is 0.0589 e. The van der Waals surface area contributed by atoms with Gasteiger partial charge in [-0.2, -0.15) is 0 Å². The Morgan fingerprint density at radius 2 is 2.29 bits per heavy atom. The van der Waals surface area contributed by atoms with E-state index in [0.29, 0.717) is 6.04 Å². The second-order valence-electron chi connectivity index (χ2n) is 4.19. The van der Waals surface area contributed by atoms with E-state index in [2.05, 4.69) is 9.97 Å². The topological polar surface area (TPSA) is 51.8 Å². The molecule has 0 spiro atoms. The third kappa shape index (κ3) is 2.51. The normalized spacial score (nSPS) is 27.5. The van der Waals surface area contributed by atoms with E-state index < -0.39 is 0 Å². The van der Waals surface area contributed by atoms with E-state index in [1.807, 2.05) is 6.20 Å². The molecule has 0 amide bonds. The van der Waals surface area contributed by atoms with Crippen molar-refractivity contribution < 1.29 is 0 Å². The lowest BCUT2D eigenvalue weighted by Gasteiger charge is -2.26. The molecule has 0 saturated heterocycles. The van der Waals surface area contributed by atoms with Gasteiger partial charge in [-0.15, -0.1) is 0 Å². The van der Waals surface area contributed by atoms with Crippen LogP contribution in [0.25, 0.3) is 0 Å². The number of nitrogens with two attached hydrogens (primary N) is 1. The Labute approximate surface area is 84.8 Å². The molecule has 0 bridgehead atoms. The molecule has 3 heteroatoms. The lowest BCUT2D eigenvalue weighted by molar-refractivity contribution is 0.319. The van der Waals surface area contributed by atoms with E-state index in [0.717, 1.165) is 24.5 Å². The minimum absolute atomic E-state index is 0.408. The summed E-state index contributed by atoms with van der Waals surface area (Å²) in [6.45, 7) is 0. The van der Waals surface area contributed by atoms with Crippen molar-refractivity contribution in [2.45, 2.75) is 38.1 Å². The van der Waals surface area contributed by atoms with Crippen molar-refractivity contribution in [3.63, 3.8) is 0 Å². The predicted octanol–water partition coefficient (Wildman–Crippen LogP) is 1.54. The van der Waals surface area contributed by atoms with Crippen LogP contribution in [0.15, 0.2) is 18.6 Å². The zero-order chi connectivity index (χ0) is 9.80. The fourth-order valence-corrected chi connectivity index (χ4v) is 2.25. The molecule has 0 aliphatic heterocycles. The third-order valence-electron chi connectivity index (χ3n) is 2.94. The Kier molecular flexibility index (Phi) is 3.09. The molecule has 76 valence electrons. The fourth-order valence-electron chi connectivity index (χ4n) is 2.25. The second-order valence-corrected chi connectivity index (χ2v) is 4.19. The number of rotatable bonds is 2. The molecule has 3 nitrogen and oxygen atoms in total. The fraction of sp³-hybridized carbons (Fsp3) is 0.636. The summed E-state index contributed by atoms with van der Waals surface area (Å²) in [5.41, 5.74) is 7.05. The van der Waals surface area contributed by atoms with Crippen molar-refractivity contribution in [1.29, 1.82) is 0 Å². The number of aromatic nitrogens is 2. The first kappa shape index (κ1) is 9.59. The van der Waals surface area contributed by atoms with E-state index in [-0.39, 0.29) is 0 Å². The van der Waals surface area contributed by atoms with Crippen LogP contribution in [0, 0.1) is 5.92 Å². The molecule has 1 aliphatic rings. The van der Waals surface area contributed by atoms with Gasteiger partial charge in [-0.1, -0.05) is 6.42 Å². The van der Waals surface area contributed by atoms with Crippen LogP contribution >= 0.6 is 0 Å². The van der Waals surface area contributed by atoms with E-state index in [4.69, 9.17) is 5.73 Å². The van der Waals surface area contributed by atoms with E-state index in [1.54, 1.807) is 12.4 Å². The molecule has 1 saturated carbocycles. The quantitative estimate of drug-likeness (QED) is 0.771. The zero-order valence-corrected chi connectivity index (χ0v) is 8.39. The maximum Gasteiger partial charge on any atom is 0.0589 e. The van der Waals surface area contributed by atoms with Gasteiger partial charge in [0.1, 0.15) is 0 Å². The predicted molar refractivity (Wildman–Crippen MR) is 55.7 cm³/mol. The summed E-state index contributed by atoms with van der Waals surface area (Å²) in [6.07, 6.45) is 11.3. The van der Waals surface area contributed by atoms with Gasteiger partial charge in [0.15, 0.2) is 0 Å². The third-order valence-corrected chi connectivity index (χ3v) is 2.94. The maximum atomic E-state index is 5.94. The highest BCUT2D eigenvalue weighted by atomic mass is 14.8. The first-order chi connectivity index (χ1) is 6.84. The summed E-state index contributed by atoms with van der Waals surface area (Å²) in [5.74, 6) is 0.718. The highest BCUT2D eigenvalue weighted by Crippen LogP contribution is 2.25. The van der Waals surface area contributed by atoms with Crippen molar-refractivity contribution >= 4 is 0 Å². The second kappa shape index (κ2) is 4.51. The first-order valence-electron chi connectivity index (χ1n) is 5.35. The van der Waals surface area contributed by atoms with Gasteiger partial charge in [0.25, 0.3) is 0 Å². The van der Waals surface area contributed by atoms with Crippen LogP contribution in [0.4, 0.5) is 0 Å². The average Bonchev–Trinajstić information content (AvgIpc) is 2.19. The number of nitrogens with zero attached hydrogens (tertiary/aromatic N) is 2. The van der Waals surface area contributed by atoms with Gasteiger partial charge in [0.2, 0.25) is 0 Å². The molecule has 2 N–H and O–H groups in total. The van der Waals surface area contributed by atoms with Crippen molar-refractivity contribution in [3.05, 3.63) is 24.3 Å². The Balaban J connectivity index is 1.91. The van der Waals surface area contributed by atoms with Gasteiger partial charge in [-0.25, -0.2) is 0 Å². The lowest BCUT2D eigenvalue weighted by Crippen LogP contribution is -2.28. The summed E-state index contributed by atoms with van der Waals surface area (Å²) < 4.78 is 0. The van der Waals surface area contributed by atoms with Crippen LogP contribution < -0.4 is 5.73 Å². The van der Waals surface area contributed by atoms with Crippen LogP contribution in [0.3, 0.4) is 0 Å². The monoisotopic (exact) mass is 191 g/mol. The molecule has 0 aromatic carbocycles. The minimum atomic E-state index is 0.408. The van der Waals surface area contributed by atoms with Crippen LogP contribution in [0.2, 0.25) is 0 Å². The SMILES string of the molecule is N[C@H]1CCC[C@@H](Cc2cnccn2)C1. The highest BCUT2D eigenvalue weighted by Gasteiger charge is 2.19. The highest BCUT2D eigenvalue weighted by molar-refractivity contribution is 4.97. The summed E-state index contributed by atoms with van der Waals surface area (Å²) in [6, 6.07) is 0.408. The average molecular weight is 191 g/mol. The van der Waals surface area contributed by atoms with Crippen molar-refractivity contribution in [2.75, 3.05) is 0 Å². The van der Waals surface area contributed by atoms with E-state index in [1.165, 1.54) is 19.3 Å². The largest absolute Gasteiger partial charge is 0.328 e. The molecule has 0 radical (unpaired) electrons. The van der Waals surface area contributed by atoms with Gasteiger partial charge in [-0.05, 0) is 31.6 Å². The van der Waals surface area contributed by atoms with Crippen molar-refractivity contribution in [1.82, 2.24) is 9.97 Å². The van der Waals surface area contributed by atoms with Crippen molar-refractivity contribution in [2.24, 2.45) is 11.7 Å². The Hall–Kier alpha value is -0.960. The van der Waals surface area contributed by atoms with Crippen LogP contribution in [0.1, 0.15) is 31.4 Å². The van der Waals surface area contributed by atoms with Crippen LogP contribution in [-0.2, 0) is 6.42 Å². The molecule has 0 unspecified atom stereocenters. The van der Waals surface area contributed by atoms with Crippen molar-refractivity contribution in [3.8, 4) is 0 Å². The van der Waals surface area contributed by atoms with Crippen LogP contribution in [0.5, 0.6) is 0 Å². The molecule has 1 fully saturated rings. The standard InChI is InChI=1S/C11H17N3/c12-10-3-1-2-9(6-10)7-11-8-13-4-5-14-11/h4-5,8-10H,1-3,6-7,12H2/t9-,10+/m1/s1. The van der Waals surface area contributed by atoms with Crippen LogP contribution in [-0.4, -0.2) is 16.0 Å². The van der Waals surface area contributed by atoms with Gasteiger partial charge >= 0.3 is 0 Å².